The van der Waals surface area contributed by atoms with E-state index in [2.05, 4.69) is 5.43 Å². The Morgan fingerprint density at radius 3 is 3.14 bits per heavy atom. The molecule has 82 valence electrons. The highest BCUT2D eigenvalue weighted by molar-refractivity contribution is 5.75. The lowest BCUT2D eigenvalue weighted by Crippen LogP contribution is -2.29. The first kappa shape index (κ1) is 11.4. The van der Waals surface area contributed by atoms with Gasteiger partial charge in [0.25, 0.3) is 0 Å². The van der Waals surface area contributed by atoms with Crippen molar-refractivity contribution >= 4 is 5.91 Å². The summed E-state index contributed by atoms with van der Waals surface area (Å²) in [6.45, 7) is 3.01. The van der Waals surface area contributed by atoms with Crippen molar-refractivity contribution in [3.63, 3.8) is 0 Å². The summed E-state index contributed by atoms with van der Waals surface area (Å²) in [5.41, 5.74) is 2.08. The molecule has 14 heavy (non-hydrogen) atoms. The van der Waals surface area contributed by atoms with Crippen LogP contribution in [0, 0.1) is 5.92 Å². The lowest BCUT2D eigenvalue weighted by molar-refractivity contribution is -0.121. The van der Waals surface area contributed by atoms with Gasteiger partial charge >= 0.3 is 0 Å². The van der Waals surface area contributed by atoms with E-state index in [0.717, 1.165) is 32.7 Å². The van der Waals surface area contributed by atoms with Crippen molar-refractivity contribution in [2.45, 2.75) is 19.3 Å². The first-order valence-electron chi connectivity index (χ1n) is 4.98. The standard InChI is InChI=1S/C9H18N2O3/c10-11-9(12)2-1-4-13-6-8-3-5-14-7-8/h8H,1-7,10H2,(H,11,12). The van der Waals surface area contributed by atoms with Gasteiger partial charge in [0.1, 0.15) is 0 Å². The second kappa shape index (κ2) is 6.75. The van der Waals surface area contributed by atoms with Gasteiger partial charge in [-0.2, -0.15) is 0 Å². The van der Waals surface area contributed by atoms with Gasteiger partial charge < -0.3 is 9.47 Å². The van der Waals surface area contributed by atoms with E-state index in [1.807, 2.05) is 0 Å². The average Bonchev–Trinajstić information content (AvgIpc) is 2.69. The number of rotatable bonds is 6. The zero-order valence-corrected chi connectivity index (χ0v) is 8.33. The minimum atomic E-state index is -0.141. The molecule has 0 saturated carbocycles. The van der Waals surface area contributed by atoms with E-state index >= 15 is 0 Å². The van der Waals surface area contributed by atoms with Crippen LogP contribution in [0.2, 0.25) is 0 Å². The molecule has 0 bridgehead atoms. The van der Waals surface area contributed by atoms with Crippen molar-refractivity contribution in [1.82, 2.24) is 5.43 Å². The SMILES string of the molecule is NNC(=O)CCCOCC1CCOC1. The van der Waals surface area contributed by atoms with Crippen molar-refractivity contribution < 1.29 is 14.3 Å². The van der Waals surface area contributed by atoms with Crippen LogP contribution in [-0.2, 0) is 14.3 Å². The molecule has 1 rings (SSSR count). The average molecular weight is 202 g/mol. The number of hydrogen-bond acceptors (Lipinski definition) is 4. The predicted octanol–water partition coefficient (Wildman–Crippen LogP) is -0.190. The Bertz CT molecular complexity index is 169. The van der Waals surface area contributed by atoms with Crippen molar-refractivity contribution in [3.8, 4) is 0 Å². The first-order valence-corrected chi connectivity index (χ1v) is 4.98. The second-order valence-electron chi connectivity index (χ2n) is 3.48. The van der Waals surface area contributed by atoms with Gasteiger partial charge in [0.05, 0.1) is 13.2 Å². The smallest absolute Gasteiger partial charge is 0.233 e. The van der Waals surface area contributed by atoms with Crippen molar-refractivity contribution in [1.29, 1.82) is 0 Å². The molecule has 1 aliphatic rings. The number of nitrogens with one attached hydrogen (secondary N) is 1. The summed E-state index contributed by atoms with van der Waals surface area (Å²) in [6.07, 6.45) is 2.23. The van der Waals surface area contributed by atoms with Gasteiger partial charge in [-0.05, 0) is 12.8 Å². The summed E-state index contributed by atoms with van der Waals surface area (Å²) >= 11 is 0. The maximum absolute atomic E-state index is 10.7. The molecule has 5 heteroatoms. The third kappa shape index (κ3) is 4.55. The van der Waals surface area contributed by atoms with Crippen molar-refractivity contribution in [2.75, 3.05) is 26.4 Å². The molecule has 0 aromatic heterocycles. The third-order valence-corrected chi connectivity index (χ3v) is 2.23. The monoisotopic (exact) mass is 202 g/mol. The summed E-state index contributed by atoms with van der Waals surface area (Å²) in [5.74, 6) is 5.33. The first-order chi connectivity index (χ1) is 6.83. The van der Waals surface area contributed by atoms with Gasteiger partial charge in [-0.25, -0.2) is 5.84 Å². The Morgan fingerprint density at radius 1 is 1.64 bits per heavy atom. The van der Waals surface area contributed by atoms with Crippen LogP contribution in [0.15, 0.2) is 0 Å². The van der Waals surface area contributed by atoms with Crippen LogP contribution in [0.1, 0.15) is 19.3 Å². The fourth-order valence-corrected chi connectivity index (χ4v) is 1.37. The summed E-state index contributed by atoms with van der Waals surface area (Å²) in [7, 11) is 0. The topological polar surface area (TPSA) is 73.6 Å². The van der Waals surface area contributed by atoms with E-state index in [0.29, 0.717) is 18.9 Å². The van der Waals surface area contributed by atoms with Gasteiger partial charge in [-0.15, -0.1) is 0 Å². The van der Waals surface area contributed by atoms with Crippen LogP contribution >= 0.6 is 0 Å². The highest BCUT2D eigenvalue weighted by atomic mass is 16.5. The zero-order chi connectivity index (χ0) is 10.2. The molecule has 5 nitrogen and oxygen atoms in total. The van der Waals surface area contributed by atoms with Crippen LogP contribution in [0.3, 0.4) is 0 Å². The van der Waals surface area contributed by atoms with Crippen LogP contribution in [0.25, 0.3) is 0 Å². The fraction of sp³-hybridized carbons (Fsp3) is 0.889. The highest BCUT2D eigenvalue weighted by Gasteiger charge is 2.15. The summed E-state index contributed by atoms with van der Waals surface area (Å²) in [4.78, 5) is 10.7. The summed E-state index contributed by atoms with van der Waals surface area (Å²) in [6, 6.07) is 0. The molecule has 1 saturated heterocycles. The minimum Gasteiger partial charge on any atom is -0.381 e. The number of carbonyl (C=O) groups excluding carboxylic acids is 1. The van der Waals surface area contributed by atoms with E-state index in [4.69, 9.17) is 15.3 Å². The predicted molar refractivity (Wildman–Crippen MR) is 51.3 cm³/mol. The van der Waals surface area contributed by atoms with Crippen LogP contribution in [0.5, 0.6) is 0 Å². The fourth-order valence-electron chi connectivity index (χ4n) is 1.37. The molecule has 0 aliphatic carbocycles. The highest BCUT2D eigenvalue weighted by Crippen LogP contribution is 2.12. The van der Waals surface area contributed by atoms with Gasteiger partial charge in [0, 0.05) is 25.6 Å². The maximum atomic E-state index is 10.7. The van der Waals surface area contributed by atoms with Gasteiger partial charge in [0.2, 0.25) is 5.91 Å². The molecule has 0 spiro atoms. The molecule has 0 aromatic rings. The molecule has 0 radical (unpaired) electrons. The van der Waals surface area contributed by atoms with Crippen LogP contribution < -0.4 is 11.3 Å². The molecule has 0 aromatic carbocycles. The molecule has 3 N–H and O–H groups in total. The maximum Gasteiger partial charge on any atom is 0.233 e. The summed E-state index contributed by atoms with van der Waals surface area (Å²) < 4.78 is 10.6. The minimum absolute atomic E-state index is 0.141. The van der Waals surface area contributed by atoms with Gasteiger partial charge in [0.15, 0.2) is 0 Å². The molecule has 1 atom stereocenters. The summed E-state index contributed by atoms with van der Waals surface area (Å²) in [5, 5.41) is 0. The molecule has 1 heterocycles. The van der Waals surface area contributed by atoms with Crippen LogP contribution in [0.4, 0.5) is 0 Å². The molecule has 1 unspecified atom stereocenters. The lowest BCUT2D eigenvalue weighted by atomic mass is 10.1. The Hall–Kier alpha value is -0.650. The lowest BCUT2D eigenvalue weighted by Gasteiger charge is -2.07. The molecule has 1 fully saturated rings. The number of carbonyl (C=O) groups is 1. The Morgan fingerprint density at radius 2 is 2.50 bits per heavy atom. The number of nitrogens with two attached hydrogens (primary N) is 1. The largest absolute Gasteiger partial charge is 0.381 e. The molecule has 1 amide bonds. The van der Waals surface area contributed by atoms with E-state index in [-0.39, 0.29) is 5.91 Å². The number of ether oxygens (including phenoxy) is 2. The quantitative estimate of drug-likeness (QED) is 0.271. The third-order valence-electron chi connectivity index (χ3n) is 2.23. The normalized spacial score (nSPS) is 21.1. The van der Waals surface area contributed by atoms with Gasteiger partial charge in [-0.1, -0.05) is 0 Å². The van der Waals surface area contributed by atoms with E-state index < -0.39 is 0 Å². The van der Waals surface area contributed by atoms with E-state index in [1.165, 1.54) is 0 Å². The van der Waals surface area contributed by atoms with E-state index in [9.17, 15) is 4.79 Å². The Labute approximate surface area is 83.9 Å². The Kier molecular flexibility index (Phi) is 5.51. The number of amides is 1. The number of hydrazine groups is 1. The molecular weight excluding hydrogens is 184 g/mol. The van der Waals surface area contributed by atoms with Gasteiger partial charge in [-0.3, -0.25) is 10.2 Å². The second-order valence-corrected chi connectivity index (χ2v) is 3.48. The van der Waals surface area contributed by atoms with Crippen molar-refractivity contribution in [3.05, 3.63) is 0 Å². The van der Waals surface area contributed by atoms with Crippen molar-refractivity contribution in [2.24, 2.45) is 11.8 Å². The Balaban J connectivity index is 1.86. The van der Waals surface area contributed by atoms with Crippen LogP contribution in [-0.4, -0.2) is 32.3 Å². The molecular formula is C9H18N2O3. The van der Waals surface area contributed by atoms with E-state index in [1.54, 1.807) is 0 Å². The zero-order valence-electron chi connectivity index (χ0n) is 8.33. The molecule has 1 aliphatic heterocycles. The number of hydrogen-bond donors (Lipinski definition) is 2.